The molecule has 0 aliphatic carbocycles. The third-order valence-corrected chi connectivity index (χ3v) is 21.9. The summed E-state index contributed by atoms with van der Waals surface area (Å²) in [6, 6.07) is 73.4. The van der Waals surface area contributed by atoms with Crippen molar-refractivity contribution < 1.29 is 9.59 Å². The van der Waals surface area contributed by atoms with E-state index in [0.717, 1.165) is 15.1 Å². The molecule has 0 atom stereocenters. The zero-order chi connectivity index (χ0) is 53.8. The highest BCUT2D eigenvalue weighted by Gasteiger charge is 2.15. The fourth-order valence-electron chi connectivity index (χ4n) is 11.3. The topological polar surface area (TPSA) is 34.1 Å². The molecule has 0 saturated heterocycles. The van der Waals surface area contributed by atoms with Crippen LogP contribution in [-0.2, 0) is 0 Å². The lowest BCUT2D eigenvalue weighted by molar-refractivity contribution is 0.0989. The first kappa shape index (κ1) is 49.1. The zero-order valence-electron chi connectivity index (χ0n) is 43.7. The molecule has 2 nitrogen and oxygen atoms in total. The van der Waals surface area contributed by atoms with Crippen molar-refractivity contribution in [3.63, 3.8) is 0 Å². The van der Waals surface area contributed by atoms with E-state index in [1.807, 2.05) is 41.7 Å². The lowest BCUT2D eigenvalue weighted by Crippen LogP contribution is -1.90. The van der Waals surface area contributed by atoms with Gasteiger partial charge in [0.2, 0.25) is 0 Å². The minimum atomic E-state index is 0.139. The summed E-state index contributed by atoms with van der Waals surface area (Å²) in [4.78, 5) is 28.0. The van der Waals surface area contributed by atoms with Gasteiger partial charge in [-0.25, -0.2) is 0 Å². The first-order chi connectivity index (χ1) is 39.1. The van der Waals surface area contributed by atoms with Gasteiger partial charge in [-0.2, -0.15) is 0 Å². The lowest BCUT2D eigenvalue weighted by Gasteiger charge is -2.05. The minimum Gasteiger partial charge on any atom is -0.294 e. The second-order valence-corrected chi connectivity index (χ2v) is 26.9. The van der Waals surface area contributed by atoms with Gasteiger partial charge >= 0.3 is 0 Å². The highest BCUT2D eigenvalue weighted by molar-refractivity contribution is 7.23. The molecule has 80 heavy (non-hydrogen) atoms. The molecule has 0 aliphatic heterocycles. The van der Waals surface area contributed by atoms with Crippen molar-refractivity contribution in [3.8, 4) is 20.9 Å². The van der Waals surface area contributed by atoms with Crippen molar-refractivity contribution in [2.45, 2.75) is 27.2 Å². The van der Waals surface area contributed by atoms with E-state index in [9.17, 15) is 9.59 Å². The standard InChI is InChI=1S/C31H20S2.C21H14OS2.C20H12OS2/c1-19-7-9-21(10-8-19)29-16-25-14-23-12-11-22-13-24-15-28(20-5-3-2-4-6-20)32-30(24)17-26(22)27(23)18-31(25)33-29;1-2-18(22)21-9-15-8-13-4-3-12-7-14-5-6-23-19(14)10-16(12)17(13)11-20(15)24-21;1-11(21)18-8-15-7-13-3-2-12-6-14-4-5-22-19(14)9-16(12)17(13)10-20(15)23-18/h2-18H,1H3;3-11H,2H2,1H3;2-10H,1H3. The Balaban J connectivity index is 0.000000106. The van der Waals surface area contributed by atoms with E-state index in [2.05, 4.69) is 206 Å². The van der Waals surface area contributed by atoms with Crippen molar-refractivity contribution in [3.05, 3.63) is 226 Å². The summed E-state index contributed by atoms with van der Waals surface area (Å²) in [7, 11) is 0. The van der Waals surface area contributed by atoms with Crippen LogP contribution in [0.2, 0.25) is 0 Å². The van der Waals surface area contributed by atoms with Gasteiger partial charge in [0.25, 0.3) is 0 Å². The summed E-state index contributed by atoms with van der Waals surface area (Å²) >= 11 is 10.5. The predicted molar refractivity (Wildman–Crippen MR) is 357 cm³/mol. The number of benzene rings is 11. The molecule has 0 saturated carbocycles. The number of hydrogen-bond acceptors (Lipinski definition) is 8. The number of aryl methyl sites for hydroxylation is 1. The van der Waals surface area contributed by atoms with Crippen LogP contribution >= 0.6 is 68.0 Å². The molecule has 0 radical (unpaired) electrons. The summed E-state index contributed by atoms with van der Waals surface area (Å²) in [6.07, 6.45) is 0.561. The normalized spacial score (nSPS) is 11.8. The SMILES string of the molecule is CC(=O)c1cc2cc3ccc4cc5ccsc5cc4c3cc2s1.CCC(=O)c1cc2cc3ccc4cc5ccsc5cc4c3cc2s1.Cc1ccc(-c2cc3cc4ccc5cc6cc(-c7ccccc7)sc6cc5c4cc3s2)cc1. The maximum atomic E-state index is 12.0. The fraction of sp³-hybridized carbons (Fsp3) is 0.0556. The highest BCUT2D eigenvalue weighted by Crippen LogP contribution is 2.43. The average Bonchev–Trinajstić information content (AvgIpc) is 4.41. The Kier molecular flexibility index (Phi) is 12.1. The number of rotatable bonds is 5. The Morgan fingerprint density at radius 3 is 1.12 bits per heavy atom. The Hall–Kier alpha value is -7.92. The molecule has 382 valence electrons. The number of thiophene rings is 6. The molecule has 8 heteroatoms. The van der Waals surface area contributed by atoms with Crippen LogP contribution in [0.15, 0.2) is 211 Å². The molecule has 17 aromatic rings. The Bertz CT molecular complexity index is 5350. The van der Waals surface area contributed by atoms with Gasteiger partial charge in [-0.05, 0) is 242 Å². The second-order valence-electron chi connectivity index (χ2n) is 20.7. The van der Waals surface area contributed by atoms with Gasteiger partial charge in [-0.15, -0.1) is 68.0 Å². The monoisotopic (exact) mass is 1130 g/mol. The summed E-state index contributed by atoms with van der Waals surface area (Å²) in [6.45, 7) is 5.69. The lowest BCUT2D eigenvalue weighted by atomic mass is 9.99. The van der Waals surface area contributed by atoms with Gasteiger partial charge < -0.3 is 0 Å². The van der Waals surface area contributed by atoms with Gasteiger partial charge in [0.1, 0.15) is 0 Å². The Morgan fingerprint density at radius 1 is 0.338 bits per heavy atom. The average molecular weight is 1140 g/mol. The van der Waals surface area contributed by atoms with Crippen LogP contribution in [0.3, 0.4) is 0 Å². The number of hydrogen-bond donors (Lipinski definition) is 0. The number of ketones is 2. The molecule has 17 rings (SSSR count). The minimum absolute atomic E-state index is 0.139. The maximum Gasteiger partial charge on any atom is 0.172 e. The predicted octanol–water partition coefficient (Wildman–Crippen LogP) is 23.7. The van der Waals surface area contributed by atoms with Crippen molar-refractivity contribution in [2.75, 3.05) is 0 Å². The van der Waals surface area contributed by atoms with Crippen LogP contribution in [0, 0.1) is 6.92 Å². The molecular weight excluding hydrogens is 1090 g/mol. The van der Waals surface area contributed by atoms with E-state index < -0.39 is 0 Å². The third kappa shape index (κ3) is 8.79. The molecule has 0 amide bonds. The summed E-state index contributed by atoms with van der Waals surface area (Å²) < 4.78 is 7.71. The van der Waals surface area contributed by atoms with E-state index in [-0.39, 0.29) is 11.6 Å². The van der Waals surface area contributed by atoms with E-state index in [0.29, 0.717) is 6.42 Å². The Labute approximate surface area is 484 Å². The molecule has 6 aromatic heterocycles. The van der Waals surface area contributed by atoms with Crippen LogP contribution in [0.5, 0.6) is 0 Å². The van der Waals surface area contributed by atoms with E-state index in [1.54, 1.807) is 52.3 Å². The summed E-state index contributed by atoms with van der Waals surface area (Å²) in [5.74, 6) is 0.366. The molecule has 0 aliphatic rings. The summed E-state index contributed by atoms with van der Waals surface area (Å²) in [5, 5.41) is 27.3. The van der Waals surface area contributed by atoms with Crippen molar-refractivity contribution in [2.24, 2.45) is 0 Å². The fourth-order valence-corrected chi connectivity index (χ4v) is 17.2. The van der Waals surface area contributed by atoms with Gasteiger partial charge in [0, 0.05) is 44.4 Å². The molecule has 0 spiro atoms. The summed E-state index contributed by atoms with van der Waals surface area (Å²) in [5.41, 5.74) is 3.88. The molecule has 6 heterocycles. The smallest absolute Gasteiger partial charge is 0.172 e. The Morgan fingerprint density at radius 2 is 0.700 bits per heavy atom. The van der Waals surface area contributed by atoms with Crippen LogP contribution in [0.25, 0.3) is 146 Å². The highest BCUT2D eigenvalue weighted by atomic mass is 32.1. The van der Waals surface area contributed by atoms with Crippen molar-refractivity contribution >= 4 is 205 Å². The zero-order valence-corrected chi connectivity index (χ0v) is 48.6. The van der Waals surface area contributed by atoms with Crippen molar-refractivity contribution in [1.82, 2.24) is 0 Å². The third-order valence-electron chi connectivity index (χ3n) is 15.5. The van der Waals surface area contributed by atoms with E-state index >= 15 is 0 Å². The first-order valence-corrected chi connectivity index (χ1v) is 31.7. The second kappa shape index (κ2) is 19.7. The van der Waals surface area contributed by atoms with Crippen LogP contribution in [0.4, 0.5) is 0 Å². The van der Waals surface area contributed by atoms with Gasteiger partial charge in [-0.3, -0.25) is 9.59 Å². The van der Waals surface area contributed by atoms with E-state index in [4.69, 9.17) is 0 Å². The van der Waals surface area contributed by atoms with E-state index in [1.165, 1.54) is 146 Å². The molecule has 0 unspecified atom stereocenters. The van der Waals surface area contributed by atoms with Gasteiger partial charge in [0.05, 0.1) is 9.75 Å². The largest absolute Gasteiger partial charge is 0.294 e. The number of Topliss-reactive ketones (excluding diaryl/α,β-unsaturated/α-hetero) is 2. The molecular formula is C72H46O2S6. The van der Waals surface area contributed by atoms with Crippen LogP contribution < -0.4 is 0 Å². The molecule has 0 fully saturated rings. The van der Waals surface area contributed by atoms with Crippen molar-refractivity contribution in [1.29, 1.82) is 0 Å². The number of carbonyl (C=O) groups excluding carboxylic acids is 2. The first-order valence-electron chi connectivity index (χ1n) is 26.7. The molecule has 11 aromatic carbocycles. The number of fused-ring (bicyclic) bond motifs is 15. The van der Waals surface area contributed by atoms with Gasteiger partial charge in [0.15, 0.2) is 11.6 Å². The molecule has 0 bridgehead atoms. The maximum absolute atomic E-state index is 12.0. The van der Waals surface area contributed by atoms with Crippen LogP contribution in [0.1, 0.15) is 45.2 Å². The van der Waals surface area contributed by atoms with Crippen LogP contribution in [-0.4, -0.2) is 11.6 Å². The quantitative estimate of drug-likeness (QED) is 0.127. The van der Waals surface area contributed by atoms with Gasteiger partial charge in [-0.1, -0.05) is 103 Å². The number of carbonyl (C=O) groups is 2. The molecule has 0 N–H and O–H groups in total.